The lowest BCUT2D eigenvalue weighted by Crippen LogP contribution is -2.52. The third-order valence-corrected chi connectivity index (χ3v) is 5.53. The maximum Gasteiger partial charge on any atom is 0.253 e. The molecule has 1 heterocycles. The molecule has 0 N–H and O–H groups in total. The number of benzene rings is 1. The number of carbonyl (C=O) groups is 1. The van der Waals surface area contributed by atoms with Gasteiger partial charge in [0.15, 0.2) is 0 Å². The van der Waals surface area contributed by atoms with Gasteiger partial charge in [-0.2, -0.15) is 0 Å². The SMILES string of the molecule is C=CCOc1ccc(C(=O)N(C)[C@@H]2CCCC[C@H]2N(C)Cc2ccco2)cc1. The van der Waals surface area contributed by atoms with Crippen LogP contribution in [0.3, 0.4) is 0 Å². The van der Waals surface area contributed by atoms with Crippen LogP contribution < -0.4 is 4.74 Å². The number of nitrogens with zero attached hydrogens (tertiary/aromatic N) is 2. The van der Waals surface area contributed by atoms with Crippen molar-refractivity contribution in [2.75, 3.05) is 20.7 Å². The molecular formula is C23H30N2O3. The van der Waals surface area contributed by atoms with E-state index in [1.54, 1.807) is 12.3 Å². The molecule has 0 bridgehead atoms. The summed E-state index contributed by atoms with van der Waals surface area (Å²) in [5, 5.41) is 0. The fraction of sp³-hybridized carbons (Fsp3) is 0.435. The predicted molar refractivity (Wildman–Crippen MR) is 110 cm³/mol. The lowest BCUT2D eigenvalue weighted by molar-refractivity contribution is 0.0473. The second kappa shape index (κ2) is 9.60. The fourth-order valence-corrected chi connectivity index (χ4v) is 4.03. The van der Waals surface area contributed by atoms with Crippen LogP contribution in [0.4, 0.5) is 0 Å². The van der Waals surface area contributed by atoms with Gasteiger partial charge in [-0.1, -0.05) is 25.5 Å². The molecule has 2 aromatic rings. The Morgan fingerprint density at radius 3 is 2.54 bits per heavy atom. The number of hydrogen-bond acceptors (Lipinski definition) is 4. The van der Waals surface area contributed by atoms with E-state index >= 15 is 0 Å². The molecule has 150 valence electrons. The van der Waals surface area contributed by atoms with E-state index in [4.69, 9.17) is 9.15 Å². The highest BCUT2D eigenvalue weighted by Gasteiger charge is 2.33. The summed E-state index contributed by atoms with van der Waals surface area (Å²) < 4.78 is 11.0. The van der Waals surface area contributed by atoms with E-state index in [0.29, 0.717) is 18.2 Å². The zero-order chi connectivity index (χ0) is 19.9. The number of hydrogen-bond donors (Lipinski definition) is 0. The van der Waals surface area contributed by atoms with E-state index < -0.39 is 0 Å². The molecule has 1 amide bonds. The largest absolute Gasteiger partial charge is 0.490 e. The van der Waals surface area contributed by atoms with Crippen LogP contribution in [0.1, 0.15) is 41.8 Å². The van der Waals surface area contributed by atoms with Gasteiger partial charge in [0.2, 0.25) is 0 Å². The fourth-order valence-electron chi connectivity index (χ4n) is 4.03. The number of furan rings is 1. The molecule has 28 heavy (non-hydrogen) atoms. The molecule has 0 unspecified atom stereocenters. The van der Waals surface area contributed by atoms with E-state index in [1.165, 1.54) is 6.42 Å². The molecule has 0 radical (unpaired) electrons. The second-order valence-electron chi connectivity index (χ2n) is 7.45. The molecule has 0 aliphatic heterocycles. The Morgan fingerprint density at radius 1 is 1.18 bits per heavy atom. The van der Waals surface area contributed by atoms with Crippen LogP contribution in [0.25, 0.3) is 0 Å². The van der Waals surface area contributed by atoms with Gasteiger partial charge in [0.25, 0.3) is 5.91 Å². The standard InChI is InChI=1S/C23H30N2O3/c1-4-15-27-19-13-11-18(12-14-19)23(26)25(3)22-10-6-5-9-21(22)24(2)17-20-8-7-16-28-20/h4,7-8,11-14,16,21-22H,1,5-6,9-10,15,17H2,2-3H3/t21-,22-/m1/s1. The van der Waals surface area contributed by atoms with Gasteiger partial charge in [0.05, 0.1) is 12.8 Å². The van der Waals surface area contributed by atoms with Crippen molar-refractivity contribution in [3.05, 3.63) is 66.6 Å². The van der Waals surface area contributed by atoms with E-state index in [2.05, 4.69) is 18.5 Å². The summed E-state index contributed by atoms with van der Waals surface area (Å²) in [4.78, 5) is 17.3. The maximum atomic E-state index is 13.1. The molecule has 0 spiro atoms. The Hall–Kier alpha value is -2.53. The second-order valence-corrected chi connectivity index (χ2v) is 7.45. The van der Waals surface area contributed by atoms with Crippen LogP contribution in [-0.2, 0) is 6.54 Å². The minimum absolute atomic E-state index is 0.0542. The van der Waals surface area contributed by atoms with Gasteiger partial charge in [0, 0.05) is 24.7 Å². The Kier molecular flexibility index (Phi) is 6.93. The van der Waals surface area contributed by atoms with Crippen LogP contribution in [0.2, 0.25) is 0 Å². The van der Waals surface area contributed by atoms with Gasteiger partial charge in [-0.15, -0.1) is 0 Å². The quantitative estimate of drug-likeness (QED) is 0.637. The van der Waals surface area contributed by atoms with Gasteiger partial charge >= 0.3 is 0 Å². The zero-order valence-corrected chi connectivity index (χ0v) is 16.8. The average molecular weight is 383 g/mol. The number of carbonyl (C=O) groups excluding carboxylic acids is 1. The molecule has 1 saturated carbocycles. The molecule has 5 nitrogen and oxygen atoms in total. The molecule has 0 saturated heterocycles. The molecular weight excluding hydrogens is 352 g/mol. The topological polar surface area (TPSA) is 45.9 Å². The monoisotopic (exact) mass is 382 g/mol. The Balaban J connectivity index is 1.68. The first kappa shape index (κ1) is 20.2. The van der Waals surface area contributed by atoms with Crippen LogP contribution in [0.5, 0.6) is 5.75 Å². The lowest BCUT2D eigenvalue weighted by atomic mass is 9.88. The van der Waals surface area contributed by atoms with Gasteiger partial charge in [-0.25, -0.2) is 0 Å². The maximum absolute atomic E-state index is 13.1. The van der Waals surface area contributed by atoms with Gasteiger partial charge in [-0.3, -0.25) is 9.69 Å². The van der Waals surface area contributed by atoms with Crippen LogP contribution in [0, 0.1) is 0 Å². The zero-order valence-electron chi connectivity index (χ0n) is 16.8. The van der Waals surface area contributed by atoms with E-state index in [0.717, 1.165) is 37.3 Å². The number of ether oxygens (including phenoxy) is 1. The first-order valence-electron chi connectivity index (χ1n) is 9.93. The van der Waals surface area contributed by atoms with Gasteiger partial charge in [0.1, 0.15) is 18.1 Å². The number of amides is 1. The molecule has 3 rings (SSSR count). The summed E-state index contributed by atoms with van der Waals surface area (Å²) in [7, 11) is 4.05. The molecule has 1 fully saturated rings. The van der Waals surface area contributed by atoms with E-state index in [1.807, 2.05) is 48.3 Å². The summed E-state index contributed by atoms with van der Waals surface area (Å²) in [6, 6.07) is 11.8. The molecule has 1 aromatic heterocycles. The number of rotatable bonds is 8. The van der Waals surface area contributed by atoms with Crippen LogP contribution in [-0.4, -0.2) is 48.5 Å². The summed E-state index contributed by atoms with van der Waals surface area (Å²) in [5.41, 5.74) is 0.687. The van der Waals surface area contributed by atoms with Crippen molar-refractivity contribution in [1.82, 2.24) is 9.80 Å². The van der Waals surface area contributed by atoms with Crippen molar-refractivity contribution in [3.63, 3.8) is 0 Å². The average Bonchev–Trinajstić information content (AvgIpc) is 3.24. The highest BCUT2D eigenvalue weighted by Crippen LogP contribution is 2.28. The summed E-state index contributed by atoms with van der Waals surface area (Å²) >= 11 is 0. The minimum atomic E-state index is 0.0542. The van der Waals surface area contributed by atoms with Crippen LogP contribution in [0.15, 0.2) is 59.7 Å². The van der Waals surface area contributed by atoms with Crippen molar-refractivity contribution in [2.45, 2.75) is 44.3 Å². The van der Waals surface area contributed by atoms with Crippen molar-refractivity contribution < 1.29 is 13.9 Å². The van der Waals surface area contributed by atoms with Crippen molar-refractivity contribution in [1.29, 1.82) is 0 Å². The predicted octanol–water partition coefficient (Wildman–Crippen LogP) is 4.36. The lowest BCUT2D eigenvalue weighted by Gasteiger charge is -2.42. The Labute approximate surface area is 167 Å². The Morgan fingerprint density at radius 2 is 1.89 bits per heavy atom. The van der Waals surface area contributed by atoms with Crippen LogP contribution >= 0.6 is 0 Å². The normalized spacial score (nSPS) is 19.4. The number of likely N-dealkylation sites (N-methyl/N-ethyl adjacent to an activating group) is 2. The first-order chi connectivity index (χ1) is 13.6. The minimum Gasteiger partial charge on any atom is -0.490 e. The Bertz CT molecular complexity index is 755. The van der Waals surface area contributed by atoms with Crippen molar-refractivity contribution in [3.8, 4) is 5.75 Å². The van der Waals surface area contributed by atoms with Crippen molar-refractivity contribution in [2.24, 2.45) is 0 Å². The van der Waals surface area contributed by atoms with Gasteiger partial charge < -0.3 is 14.1 Å². The molecule has 1 aliphatic rings. The van der Waals surface area contributed by atoms with Gasteiger partial charge in [-0.05, 0) is 56.3 Å². The highest BCUT2D eigenvalue weighted by molar-refractivity contribution is 5.94. The summed E-state index contributed by atoms with van der Waals surface area (Å²) in [6.45, 7) is 4.86. The third kappa shape index (κ3) is 4.84. The molecule has 1 aliphatic carbocycles. The first-order valence-corrected chi connectivity index (χ1v) is 9.93. The van der Waals surface area contributed by atoms with E-state index in [-0.39, 0.29) is 11.9 Å². The summed E-state index contributed by atoms with van der Waals surface area (Å²) in [6.07, 6.45) is 7.88. The molecule has 5 heteroatoms. The van der Waals surface area contributed by atoms with Crippen molar-refractivity contribution >= 4 is 5.91 Å². The smallest absolute Gasteiger partial charge is 0.253 e. The highest BCUT2D eigenvalue weighted by atomic mass is 16.5. The summed E-state index contributed by atoms with van der Waals surface area (Å²) in [5.74, 6) is 1.75. The molecule has 1 aromatic carbocycles. The third-order valence-electron chi connectivity index (χ3n) is 5.53. The van der Waals surface area contributed by atoms with E-state index in [9.17, 15) is 4.79 Å². The molecule has 2 atom stereocenters.